The van der Waals surface area contributed by atoms with Crippen molar-refractivity contribution in [2.24, 2.45) is 11.8 Å². The first-order valence-electron chi connectivity index (χ1n) is 13.7. The van der Waals surface area contributed by atoms with Crippen LogP contribution in [-0.2, 0) is 5.41 Å². The van der Waals surface area contributed by atoms with Crippen LogP contribution >= 0.6 is 0 Å². The topological polar surface area (TPSA) is 64.8 Å². The number of aliphatic hydroxyl groups is 1. The van der Waals surface area contributed by atoms with Gasteiger partial charge in [-0.25, -0.2) is 13.8 Å². The predicted octanol–water partition coefficient (Wildman–Crippen LogP) is 5.21. The Bertz CT molecular complexity index is 1280. The molecule has 2 N–H and O–H groups in total. The van der Waals surface area contributed by atoms with Crippen LogP contribution in [0.5, 0.6) is 0 Å². The number of anilines is 2. The maximum atomic E-state index is 13.6. The SMILES string of the molecule is Cc1ccc2c(c1)NC[C@@]21CCN(C[C@@H](O)C2CCN(c3ncc(-c4cc(F)cc(F)c4)o3)CC2)C[C@@H]1C. The number of β-amino-alcohol motifs (C(OH)–C–C–N with tert-alkyl or cyclic N) is 1. The fraction of sp³-hybridized carbons (Fsp3) is 0.500. The molecule has 0 radical (unpaired) electrons. The summed E-state index contributed by atoms with van der Waals surface area (Å²) in [5, 5.41) is 14.8. The normalized spacial score (nSPS) is 25.0. The number of benzene rings is 2. The third-order valence-electron chi connectivity index (χ3n) is 9.10. The third-order valence-corrected chi connectivity index (χ3v) is 9.10. The Hall–Kier alpha value is -2.97. The summed E-state index contributed by atoms with van der Waals surface area (Å²) in [7, 11) is 0. The minimum absolute atomic E-state index is 0.183. The molecule has 8 heteroatoms. The van der Waals surface area contributed by atoms with Gasteiger partial charge < -0.3 is 24.6 Å². The second-order valence-corrected chi connectivity index (χ2v) is 11.5. The highest BCUT2D eigenvalue weighted by Gasteiger charge is 2.46. The molecule has 3 aliphatic heterocycles. The van der Waals surface area contributed by atoms with Crippen molar-refractivity contribution in [3.8, 4) is 11.3 Å². The number of fused-ring (bicyclic) bond motifs is 2. The molecule has 6 rings (SSSR count). The average molecular weight is 523 g/mol. The molecule has 202 valence electrons. The summed E-state index contributed by atoms with van der Waals surface area (Å²) in [6.45, 7) is 9.63. The molecule has 6 nitrogen and oxygen atoms in total. The monoisotopic (exact) mass is 522 g/mol. The summed E-state index contributed by atoms with van der Waals surface area (Å²) in [5.41, 5.74) is 4.55. The van der Waals surface area contributed by atoms with E-state index in [1.165, 1.54) is 35.1 Å². The Morgan fingerprint density at radius 3 is 2.63 bits per heavy atom. The molecule has 0 saturated carbocycles. The summed E-state index contributed by atoms with van der Waals surface area (Å²) >= 11 is 0. The molecular formula is C30H36F2N4O2. The van der Waals surface area contributed by atoms with Crippen molar-refractivity contribution in [3.63, 3.8) is 0 Å². The Morgan fingerprint density at radius 1 is 1.13 bits per heavy atom. The number of likely N-dealkylation sites (tertiary alicyclic amines) is 1. The van der Waals surface area contributed by atoms with E-state index in [4.69, 9.17) is 4.42 Å². The van der Waals surface area contributed by atoms with Crippen LogP contribution in [0.25, 0.3) is 11.3 Å². The van der Waals surface area contributed by atoms with Crippen LogP contribution < -0.4 is 10.2 Å². The van der Waals surface area contributed by atoms with Gasteiger partial charge in [0.05, 0.1) is 12.3 Å². The van der Waals surface area contributed by atoms with E-state index in [1.54, 1.807) is 0 Å². The van der Waals surface area contributed by atoms with E-state index in [0.29, 0.717) is 29.8 Å². The number of aliphatic hydroxyl groups excluding tert-OH is 1. The molecule has 3 aromatic rings. The summed E-state index contributed by atoms with van der Waals surface area (Å²) in [5.74, 6) is -0.224. The lowest BCUT2D eigenvalue weighted by atomic mass is 9.67. The van der Waals surface area contributed by atoms with E-state index in [1.807, 2.05) is 4.90 Å². The van der Waals surface area contributed by atoms with E-state index < -0.39 is 11.6 Å². The van der Waals surface area contributed by atoms with Crippen LogP contribution in [0.4, 0.5) is 20.5 Å². The molecule has 2 aromatic carbocycles. The standard InChI is InChI=1S/C30H36F2N4O2/c1-19-3-4-25-26(11-19)34-18-30(25)7-10-35(16-20(30)2)17-27(37)21-5-8-36(9-6-21)29-33-15-28(38-29)22-12-23(31)14-24(32)13-22/h3-4,11-15,20-21,27,34,37H,5-10,16-18H2,1-2H3/t20-,27+,30+/m0/s1. The molecule has 1 aromatic heterocycles. The van der Waals surface area contributed by atoms with Gasteiger partial charge in [-0.15, -0.1) is 0 Å². The van der Waals surface area contributed by atoms with Crippen LogP contribution in [-0.4, -0.2) is 60.4 Å². The highest BCUT2D eigenvalue weighted by molar-refractivity contribution is 5.62. The summed E-state index contributed by atoms with van der Waals surface area (Å²) in [6, 6.07) is 10.6. The molecular weight excluding hydrogens is 486 g/mol. The highest BCUT2D eigenvalue weighted by atomic mass is 19.1. The largest absolute Gasteiger partial charge is 0.423 e. The second kappa shape index (κ2) is 9.97. The van der Waals surface area contributed by atoms with Crippen LogP contribution in [0.3, 0.4) is 0 Å². The van der Waals surface area contributed by atoms with Crippen LogP contribution in [0.15, 0.2) is 47.0 Å². The van der Waals surface area contributed by atoms with Crippen LogP contribution in [0.2, 0.25) is 0 Å². The number of halogens is 2. The molecule has 3 atom stereocenters. The van der Waals surface area contributed by atoms with E-state index in [0.717, 1.165) is 58.1 Å². The van der Waals surface area contributed by atoms with Gasteiger partial charge in [-0.3, -0.25) is 0 Å². The second-order valence-electron chi connectivity index (χ2n) is 11.5. The first-order chi connectivity index (χ1) is 18.3. The Balaban J connectivity index is 1.02. The van der Waals surface area contributed by atoms with Crippen molar-refractivity contribution in [1.29, 1.82) is 0 Å². The molecule has 0 aliphatic carbocycles. The van der Waals surface area contributed by atoms with Crippen molar-refractivity contribution in [3.05, 3.63) is 65.4 Å². The molecule has 4 heterocycles. The minimum atomic E-state index is -0.647. The van der Waals surface area contributed by atoms with Crippen molar-refractivity contribution in [1.82, 2.24) is 9.88 Å². The fourth-order valence-electron chi connectivity index (χ4n) is 6.80. The number of aromatic nitrogens is 1. The Labute approximate surface area is 222 Å². The van der Waals surface area contributed by atoms with E-state index >= 15 is 0 Å². The zero-order valence-electron chi connectivity index (χ0n) is 22.1. The zero-order valence-corrected chi connectivity index (χ0v) is 22.1. The summed E-state index contributed by atoms with van der Waals surface area (Å²) < 4.78 is 33.0. The highest BCUT2D eigenvalue weighted by Crippen LogP contribution is 2.47. The number of rotatable bonds is 5. The summed E-state index contributed by atoms with van der Waals surface area (Å²) in [4.78, 5) is 8.83. The van der Waals surface area contributed by atoms with E-state index in [-0.39, 0.29) is 17.4 Å². The first-order valence-corrected chi connectivity index (χ1v) is 13.7. The maximum absolute atomic E-state index is 13.6. The molecule has 2 saturated heterocycles. The molecule has 1 spiro atoms. The first kappa shape index (κ1) is 25.3. The van der Waals surface area contributed by atoms with Crippen LogP contribution in [0.1, 0.15) is 37.3 Å². The van der Waals surface area contributed by atoms with Crippen molar-refractivity contribution < 1.29 is 18.3 Å². The lowest BCUT2D eigenvalue weighted by molar-refractivity contribution is 0.0242. The average Bonchev–Trinajstić information content (AvgIpc) is 3.52. The zero-order chi connectivity index (χ0) is 26.4. The summed E-state index contributed by atoms with van der Waals surface area (Å²) in [6.07, 6.45) is 3.93. The lowest BCUT2D eigenvalue weighted by Crippen LogP contribution is -2.52. The Kier molecular flexibility index (Phi) is 6.64. The van der Waals surface area contributed by atoms with Gasteiger partial charge in [0.2, 0.25) is 0 Å². The molecule has 3 aliphatic rings. The van der Waals surface area contributed by atoms with Gasteiger partial charge in [-0.2, -0.15) is 0 Å². The van der Waals surface area contributed by atoms with Gasteiger partial charge in [0.15, 0.2) is 5.76 Å². The fourth-order valence-corrected chi connectivity index (χ4v) is 6.80. The number of hydrogen-bond donors (Lipinski definition) is 2. The molecule has 0 bridgehead atoms. The molecule has 2 fully saturated rings. The number of nitrogens with one attached hydrogen (secondary N) is 1. The van der Waals surface area contributed by atoms with Crippen LogP contribution in [0, 0.1) is 30.4 Å². The van der Waals surface area contributed by atoms with Gasteiger partial charge in [0.25, 0.3) is 6.01 Å². The number of nitrogens with zero attached hydrogens (tertiary/aromatic N) is 3. The van der Waals surface area contributed by atoms with Gasteiger partial charge in [-0.05, 0) is 73.9 Å². The van der Waals surface area contributed by atoms with Gasteiger partial charge in [0, 0.05) is 55.5 Å². The van der Waals surface area contributed by atoms with Crippen molar-refractivity contribution >= 4 is 11.7 Å². The number of aryl methyl sites for hydroxylation is 1. The molecule has 38 heavy (non-hydrogen) atoms. The minimum Gasteiger partial charge on any atom is -0.423 e. The number of piperidine rings is 2. The number of hydrogen-bond acceptors (Lipinski definition) is 6. The maximum Gasteiger partial charge on any atom is 0.297 e. The Morgan fingerprint density at radius 2 is 1.89 bits per heavy atom. The predicted molar refractivity (Wildman–Crippen MR) is 144 cm³/mol. The van der Waals surface area contributed by atoms with Gasteiger partial charge >= 0.3 is 0 Å². The van der Waals surface area contributed by atoms with E-state index in [9.17, 15) is 13.9 Å². The molecule has 0 unspecified atom stereocenters. The van der Waals surface area contributed by atoms with Crippen molar-refractivity contribution in [2.75, 3.05) is 49.5 Å². The van der Waals surface area contributed by atoms with Gasteiger partial charge in [0.1, 0.15) is 11.6 Å². The molecule has 0 amide bonds. The lowest BCUT2D eigenvalue weighted by Gasteiger charge is -2.46. The van der Waals surface area contributed by atoms with Gasteiger partial charge in [-0.1, -0.05) is 19.1 Å². The number of oxazole rings is 1. The third kappa shape index (κ3) is 4.69. The smallest absolute Gasteiger partial charge is 0.297 e. The quantitative estimate of drug-likeness (QED) is 0.480. The van der Waals surface area contributed by atoms with E-state index in [2.05, 4.69) is 47.2 Å². The van der Waals surface area contributed by atoms with Crippen molar-refractivity contribution in [2.45, 2.75) is 44.6 Å².